The molecule has 0 bridgehead atoms. The smallest absolute Gasteiger partial charge is 0.247 e. The molecule has 1 fully saturated rings. The number of piperazine rings is 1. The molecule has 1 aliphatic heterocycles. The molecule has 0 radical (unpaired) electrons. The van der Waals surface area contributed by atoms with Gasteiger partial charge in [-0.25, -0.2) is 0 Å². The maximum atomic E-state index is 12.7. The standard InChI is InChI=1S/C17H20N2O2/c1-12-6-2-5-9-14(12)15-16(20)18-10-11-19(15)17(21)13-7-3-4-8-13/h2-6,9,13,15H,7-8,10-11H2,1H3,(H,18,20). The van der Waals surface area contributed by atoms with Crippen LogP contribution < -0.4 is 5.32 Å². The number of nitrogens with one attached hydrogen (secondary N) is 1. The van der Waals surface area contributed by atoms with Gasteiger partial charge in [-0.1, -0.05) is 36.4 Å². The van der Waals surface area contributed by atoms with Gasteiger partial charge in [0.15, 0.2) is 0 Å². The first-order chi connectivity index (χ1) is 10.2. The molecule has 1 atom stereocenters. The Morgan fingerprint density at radius 2 is 1.95 bits per heavy atom. The number of nitrogens with zero attached hydrogens (tertiary/aromatic N) is 1. The molecule has 2 amide bonds. The molecule has 0 saturated carbocycles. The van der Waals surface area contributed by atoms with Crippen LogP contribution in [0.2, 0.25) is 0 Å². The van der Waals surface area contributed by atoms with Gasteiger partial charge in [0.05, 0.1) is 0 Å². The second-order valence-corrected chi connectivity index (χ2v) is 5.72. The zero-order valence-corrected chi connectivity index (χ0v) is 12.2. The minimum absolute atomic E-state index is 0.00224. The predicted octanol–water partition coefficient (Wildman–Crippen LogP) is 1.96. The number of amides is 2. The highest BCUT2D eigenvalue weighted by molar-refractivity contribution is 5.91. The molecular weight excluding hydrogens is 264 g/mol. The fraction of sp³-hybridized carbons (Fsp3) is 0.412. The van der Waals surface area contributed by atoms with Gasteiger partial charge in [-0.2, -0.15) is 0 Å². The van der Waals surface area contributed by atoms with Crippen molar-refractivity contribution in [2.24, 2.45) is 5.92 Å². The van der Waals surface area contributed by atoms with Crippen molar-refractivity contribution in [3.05, 3.63) is 47.5 Å². The molecule has 4 nitrogen and oxygen atoms in total. The molecule has 1 aliphatic carbocycles. The molecule has 1 heterocycles. The summed E-state index contributed by atoms with van der Waals surface area (Å²) in [5, 5.41) is 2.88. The first-order valence-corrected chi connectivity index (χ1v) is 7.47. The monoisotopic (exact) mass is 284 g/mol. The summed E-state index contributed by atoms with van der Waals surface area (Å²) in [7, 11) is 0. The molecule has 0 spiro atoms. The van der Waals surface area contributed by atoms with Crippen LogP contribution in [0.25, 0.3) is 0 Å². The van der Waals surface area contributed by atoms with E-state index in [1.54, 1.807) is 4.90 Å². The zero-order valence-electron chi connectivity index (χ0n) is 12.2. The highest BCUT2D eigenvalue weighted by atomic mass is 16.2. The summed E-state index contributed by atoms with van der Waals surface area (Å²) in [6.07, 6.45) is 5.68. The maximum Gasteiger partial charge on any atom is 0.247 e. The third-order valence-corrected chi connectivity index (χ3v) is 4.34. The van der Waals surface area contributed by atoms with Crippen molar-refractivity contribution in [2.45, 2.75) is 25.8 Å². The van der Waals surface area contributed by atoms with Gasteiger partial charge in [-0.05, 0) is 30.9 Å². The number of rotatable bonds is 2. The van der Waals surface area contributed by atoms with Crippen LogP contribution in [0, 0.1) is 12.8 Å². The van der Waals surface area contributed by atoms with E-state index in [-0.39, 0.29) is 17.7 Å². The molecule has 0 aromatic heterocycles. The molecular formula is C17H20N2O2. The van der Waals surface area contributed by atoms with Crippen LogP contribution in [0.3, 0.4) is 0 Å². The average molecular weight is 284 g/mol. The van der Waals surface area contributed by atoms with Crippen molar-refractivity contribution < 1.29 is 9.59 Å². The Kier molecular flexibility index (Phi) is 3.78. The Balaban J connectivity index is 1.91. The van der Waals surface area contributed by atoms with Gasteiger partial charge in [0.25, 0.3) is 0 Å². The summed E-state index contributed by atoms with van der Waals surface area (Å²) in [5.41, 5.74) is 1.97. The third kappa shape index (κ3) is 2.58. The minimum Gasteiger partial charge on any atom is -0.352 e. The van der Waals surface area contributed by atoms with Gasteiger partial charge in [-0.3, -0.25) is 9.59 Å². The number of allylic oxidation sites excluding steroid dienone is 2. The van der Waals surface area contributed by atoms with Gasteiger partial charge in [0.1, 0.15) is 6.04 Å². The van der Waals surface area contributed by atoms with Gasteiger partial charge in [0.2, 0.25) is 11.8 Å². The van der Waals surface area contributed by atoms with Crippen molar-refractivity contribution in [3.8, 4) is 0 Å². The second kappa shape index (κ2) is 5.72. The third-order valence-electron chi connectivity index (χ3n) is 4.34. The number of carbonyl (C=O) groups excluding carboxylic acids is 2. The van der Waals surface area contributed by atoms with E-state index in [0.717, 1.165) is 24.0 Å². The maximum absolute atomic E-state index is 12.7. The number of hydrogen-bond acceptors (Lipinski definition) is 2. The van der Waals surface area contributed by atoms with Crippen LogP contribution in [0.5, 0.6) is 0 Å². The van der Waals surface area contributed by atoms with E-state index >= 15 is 0 Å². The van der Waals surface area contributed by atoms with Crippen molar-refractivity contribution >= 4 is 11.8 Å². The summed E-state index contributed by atoms with van der Waals surface area (Å²) in [6, 6.07) is 7.30. The molecule has 1 saturated heterocycles. The fourth-order valence-electron chi connectivity index (χ4n) is 3.16. The topological polar surface area (TPSA) is 49.4 Å². The summed E-state index contributed by atoms with van der Waals surface area (Å²) in [4.78, 5) is 26.9. The van der Waals surface area contributed by atoms with Crippen LogP contribution >= 0.6 is 0 Å². The van der Waals surface area contributed by atoms with Gasteiger partial charge < -0.3 is 10.2 Å². The lowest BCUT2D eigenvalue weighted by Crippen LogP contribution is -2.53. The van der Waals surface area contributed by atoms with Crippen LogP contribution in [-0.4, -0.2) is 29.8 Å². The lowest BCUT2D eigenvalue weighted by Gasteiger charge is -2.37. The second-order valence-electron chi connectivity index (χ2n) is 5.72. The van der Waals surface area contributed by atoms with Gasteiger partial charge in [-0.15, -0.1) is 0 Å². The van der Waals surface area contributed by atoms with Crippen LogP contribution in [-0.2, 0) is 9.59 Å². The summed E-state index contributed by atoms with van der Waals surface area (Å²) in [5.74, 6) is 0.0281. The van der Waals surface area contributed by atoms with Crippen LogP contribution in [0.1, 0.15) is 30.0 Å². The van der Waals surface area contributed by atoms with E-state index in [0.29, 0.717) is 13.1 Å². The normalized spacial score (nSPS) is 22.4. The number of carbonyl (C=O) groups is 2. The molecule has 4 heteroatoms. The molecule has 1 aromatic carbocycles. The molecule has 2 aliphatic rings. The molecule has 3 rings (SSSR count). The largest absolute Gasteiger partial charge is 0.352 e. The van der Waals surface area contributed by atoms with Gasteiger partial charge >= 0.3 is 0 Å². The summed E-state index contributed by atoms with van der Waals surface area (Å²) < 4.78 is 0. The molecule has 1 unspecified atom stereocenters. The lowest BCUT2D eigenvalue weighted by molar-refractivity contribution is -0.146. The molecule has 1 aromatic rings. The van der Waals surface area contributed by atoms with E-state index in [9.17, 15) is 9.59 Å². The van der Waals surface area contributed by atoms with Crippen molar-refractivity contribution in [2.75, 3.05) is 13.1 Å². The zero-order chi connectivity index (χ0) is 14.8. The van der Waals surface area contributed by atoms with E-state index in [4.69, 9.17) is 0 Å². The molecule has 21 heavy (non-hydrogen) atoms. The first-order valence-electron chi connectivity index (χ1n) is 7.47. The Morgan fingerprint density at radius 3 is 2.67 bits per heavy atom. The number of aryl methyl sites for hydroxylation is 1. The molecule has 1 N–H and O–H groups in total. The van der Waals surface area contributed by atoms with E-state index in [2.05, 4.69) is 17.5 Å². The highest BCUT2D eigenvalue weighted by Gasteiger charge is 2.37. The number of benzene rings is 1. The Morgan fingerprint density at radius 1 is 1.24 bits per heavy atom. The summed E-state index contributed by atoms with van der Waals surface area (Å²) >= 11 is 0. The Labute approximate surface area is 124 Å². The minimum atomic E-state index is -0.493. The SMILES string of the molecule is Cc1ccccc1C1C(=O)NCCN1C(=O)C1CC=CC1. The fourth-order valence-corrected chi connectivity index (χ4v) is 3.16. The quantitative estimate of drug-likeness (QED) is 0.844. The van der Waals surface area contributed by atoms with Crippen LogP contribution in [0.4, 0.5) is 0 Å². The van der Waals surface area contributed by atoms with Crippen molar-refractivity contribution in [1.29, 1.82) is 0 Å². The number of hydrogen-bond donors (Lipinski definition) is 1. The Bertz CT molecular complexity index is 586. The lowest BCUT2D eigenvalue weighted by atomic mass is 9.95. The molecule has 110 valence electrons. The predicted molar refractivity (Wildman–Crippen MR) is 80.5 cm³/mol. The van der Waals surface area contributed by atoms with E-state index < -0.39 is 6.04 Å². The summed E-state index contributed by atoms with van der Waals surface area (Å²) in [6.45, 7) is 3.10. The average Bonchev–Trinajstić information content (AvgIpc) is 3.01. The highest BCUT2D eigenvalue weighted by Crippen LogP contribution is 2.30. The van der Waals surface area contributed by atoms with E-state index in [1.807, 2.05) is 31.2 Å². The van der Waals surface area contributed by atoms with E-state index in [1.165, 1.54) is 0 Å². The first kappa shape index (κ1) is 13.9. The van der Waals surface area contributed by atoms with Crippen molar-refractivity contribution in [3.63, 3.8) is 0 Å². The van der Waals surface area contributed by atoms with Crippen molar-refractivity contribution in [1.82, 2.24) is 10.2 Å². The van der Waals surface area contributed by atoms with Crippen LogP contribution in [0.15, 0.2) is 36.4 Å². The Hall–Kier alpha value is -2.10. The van der Waals surface area contributed by atoms with Gasteiger partial charge in [0, 0.05) is 19.0 Å².